The van der Waals surface area contributed by atoms with E-state index in [0.29, 0.717) is 0 Å². The number of aromatic nitrogens is 2. The number of benzene rings is 2. The summed E-state index contributed by atoms with van der Waals surface area (Å²) in [5.74, 6) is 1.05. The van der Waals surface area contributed by atoms with Crippen LogP contribution in [0, 0.1) is 0 Å². The SMILES string of the molecule is CCCC(N)Cc1c(-c2ccccc2)nc(-c2ccccc2)n1CCC. The highest BCUT2D eigenvalue weighted by Gasteiger charge is 2.20. The maximum absolute atomic E-state index is 6.44. The lowest BCUT2D eigenvalue weighted by atomic mass is 10.0. The average Bonchev–Trinajstić information content (AvgIpc) is 3.02. The number of hydrogen-bond acceptors (Lipinski definition) is 2. The van der Waals surface area contributed by atoms with Crippen LogP contribution in [0.5, 0.6) is 0 Å². The summed E-state index contributed by atoms with van der Waals surface area (Å²) in [4.78, 5) is 5.09. The van der Waals surface area contributed by atoms with Gasteiger partial charge in [-0.1, -0.05) is 80.9 Å². The number of hydrogen-bond donors (Lipinski definition) is 1. The van der Waals surface area contributed by atoms with Crippen molar-refractivity contribution in [3.63, 3.8) is 0 Å². The van der Waals surface area contributed by atoms with E-state index in [1.165, 1.54) is 11.3 Å². The Morgan fingerprint density at radius 1 is 0.885 bits per heavy atom. The van der Waals surface area contributed by atoms with Gasteiger partial charge in [-0.05, 0) is 12.8 Å². The summed E-state index contributed by atoms with van der Waals surface area (Å²) < 4.78 is 2.38. The molecule has 0 spiro atoms. The fraction of sp³-hybridized carbons (Fsp3) is 0.348. The molecule has 0 aliphatic rings. The van der Waals surface area contributed by atoms with Crippen molar-refractivity contribution in [2.75, 3.05) is 0 Å². The maximum atomic E-state index is 6.44. The van der Waals surface area contributed by atoms with E-state index in [1.54, 1.807) is 0 Å². The van der Waals surface area contributed by atoms with Gasteiger partial charge < -0.3 is 10.3 Å². The van der Waals surface area contributed by atoms with Crippen LogP contribution in [-0.4, -0.2) is 15.6 Å². The minimum atomic E-state index is 0.165. The molecule has 3 rings (SSSR count). The molecule has 2 aromatic carbocycles. The maximum Gasteiger partial charge on any atom is 0.140 e. The highest BCUT2D eigenvalue weighted by molar-refractivity contribution is 5.68. The third-order valence-corrected chi connectivity index (χ3v) is 4.71. The molecule has 0 radical (unpaired) electrons. The normalized spacial score (nSPS) is 12.3. The highest BCUT2D eigenvalue weighted by Crippen LogP contribution is 2.30. The smallest absolute Gasteiger partial charge is 0.140 e. The third-order valence-electron chi connectivity index (χ3n) is 4.71. The molecule has 26 heavy (non-hydrogen) atoms. The molecule has 0 aliphatic heterocycles. The second-order valence-corrected chi connectivity index (χ2v) is 6.87. The van der Waals surface area contributed by atoms with E-state index in [4.69, 9.17) is 10.7 Å². The van der Waals surface area contributed by atoms with Crippen molar-refractivity contribution in [1.29, 1.82) is 0 Å². The summed E-state index contributed by atoms with van der Waals surface area (Å²) in [7, 11) is 0. The lowest BCUT2D eigenvalue weighted by Crippen LogP contribution is -2.24. The Hall–Kier alpha value is -2.39. The molecule has 0 amide bonds. The molecule has 1 unspecified atom stereocenters. The molecule has 0 saturated carbocycles. The zero-order valence-electron chi connectivity index (χ0n) is 15.9. The molecule has 0 fully saturated rings. The summed E-state index contributed by atoms with van der Waals surface area (Å²) in [5, 5.41) is 0. The van der Waals surface area contributed by atoms with Crippen molar-refractivity contribution in [2.45, 2.75) is 52.1 Å². The molecular formula is C23H29N3. The Balaban J connectivity index is 2.15. The van der Waals surface area contributed by atoms with Gasteiger partial charge in [0.05, 0.1) is 5.69 Å². The summed E-state index contributed by atoms with van der Waals surface area (Å²) in [6.07, 6.45) is 4.07. The second-order valence-electron chi connectivity index (χ2n) is 6.87. The molecule has 1 aromatic heterocycles. The van der Waals surface area contributed by atoms with Crippen LogP contribution in [0.1, 0.15) is 38.8 Å². The van der Waals surface area contributed by atoms with Gasteiger partial charge in [0.25, 0.3) is 0 Å². The minimum Gasteiger partial charge on any atom is -0.327 e. The molecular weight excluding hydrogens is 318 g/mol. The fourth-order valence-corrected chi connectivity index (χ4v) is 3.51. The van der Waals surface area contributed by atoms with Gasteiger partial charge in [0.2, 0.25) is 0 Å². The van der Waals surface area contributed by atoms with Gasteiger partial charge in [-0.25, -0.2) is 4.98 Å². The van der Waals surface area contributed by atoms with Crippen LogP contribution < -0.4 is 5.73 Å². The van der Waals surface area contributed by atoms with Crippen LogP contribution in [-0.2, 0) is 13.0 Å². The van der Waals surface area contributed by atoms with E-state index < -0.39 is 0 Å². The van der Waals surface area contributed by atoms with Crippen LogP contribution in [0.25, 0.3) is 22.6 Å². The van der Waals surface area contributed by atoms with E-state index in [1.807, 2.05) is 12.1 Å². The average molecular weight is 348 g/mol. The Kier molecular flexibility index (Phi) is 6.24. The molecule has 1 heterocycles. The van der Waals surface area contributed by atoms with Crippen molar-refractivity contribution in [3.05, 3.63) is 66.4 Å². The third kappa shape index (κ3) is 4.05. The zero-order chi connectivity index (χ0) is 18.4. The summed E-state index contributed by atoms with van der Waals surface area (Å²) in [6, 6.07) is 21.1. The van der Waals surface area contributed by atoms with Crippen molar-refractivity contribution in [3.8, 4) is 22.6 Å². The lowest BCUT2D eigenvalue weighted by Gasteiger charge is -2.16. The molecule has 136 valence electrons. The van der Waals surface area contributed by atoms with Crippen LogP contribution in [0.3, 0.4) is 0 Å². The van der Waals surface area contributed by atoms with Gasteiger partial charge in [-0.2, -0.15) is 0 Å². The predicted molar refractivity (Wildman–Crippen MR) is 110 cm³/mol. The quantitative estimate of drug-likeness (QED) is 0.601. The van der Waals surface area contributed by atoms with E-state index in [0.717, 1.165) is 49.3 Å². The summed E-state index contributed by atoms with van der Waals surface area (Å²) in [6.45, 7) is 5.36. The molecule has 0 aliphatic carbocycles. The largest absolute Gasteiger partial charge is 0.327 e. The predicted octanol–water partition coefficient (Wildman–Crippen LogP) is 5.30. The van der Waals surface area contributed by atoms with Crippen molar-refractivity contribution >= 4 is 0 Å². The first-order valence-corrected chi connectivity index (χ1v) is 9.70. The monoisotopic (exact) mass is 347 g/mol. The van der Waals surface area contributed by atoms with Gasteiger partial charge in [0, 0.05) is 35.8 Å². The van der Waals surface area contributed by atoms with Crippen molar-refractivity contribution in [1.82, 2.24) is 9.55 Å². The number of rotatable bonds is 8. The Labute approximate surface area is 156 Å². The van der Waals surface area contributed by atoms with Gasteiger partial charge in [-0.3, -0.25) is 0 Å². The standard InChI is InChI=1S/C23H29N3/c1-3-11-20(24)17-21-22(18-12-7-5-8-13-18)25-23(26(21)16-4-2)19-14-9-6-10-15-19/h5-10,12-15,20H,3-4,11,16-17,24H2,1-2H3. The van der Waals surface area contributed by atoms with E-state index in [-0.39, 0.29) is 6.04 Å². The van der Waals surface area contributed by atoms with Crippen molar-refractivity contribution < 1.29 is 0 Å². The molecule has 1 atom stereocenters. The van der Waals surface area contributed by atoms with Crippen LogP contribution in [0.15, 0.2) is 60.7 Å². The highest BCUT2D eigenvalue weighted by atomic mass is 15.1. The Bertz CT molecular complexity index is 806. The zero-order valence-corrected chi connectivity index (χ0v) is 15.9. The molecule has 2 N–H and O–H groups in total. The van der Waals surface area contributed by atoms with Crippen LogP contribution >= 0.6 is 0 Å². The number of nitrogens with zero attached hydrogens (tertiary/aromatic N) is 2. The number of nitrogens with two attached hydrogens (primary N) is 1. The molecule has 3 aromatic rings. The minimum absolute atomic E-state index is 0.165. The van der Waals surface area contributed by atoms with E-state index in [2.05, 4.69) is 66.9 Å². The molecule has 3 heteroatoms. The van der Waals surface area contributed by atoms with Crippen LogP contribution in [0.4, 0.5) is 0 Å². The first-order valence-electron chi connectivity index (χ1n) is 9.70. The van der Waals surface area contributed by atoms with E-state index in [9.17, 15) is 0 Å². The molecule has 3 nitrogen and oxygen atoms in total. The van der Waals surface area contributed by atoms with Crippen LogP contribution in [0.2, 0.25) is 0 Å². The second kappa shape index (κ2) is 8.81. The summed E-state index contributed by atoms with van der Waals surface area (Å²) >= 11 is 0. The fourth-order valence-electron chi connectivity index (χ4n) is 3.51. The Morgan fingerprint density at radius 3 is 2.08 bits per heavy atom. The van der Waals surface area contributed by atoms with Gasteiger partial charge in [0.15, 0.2) is 0 Å². The summed E-state index contributed by atoms with van der Waals surface area (Å²) in [5.41, 5.74) is 11.1. The first-order chi connectivity index (χ1) is 12.7. The van der Waals surface area contributed by atoms with Gasteiger partial charge in [-0.15, -0.1) is 0 Å². The topological polar surface area (TPSA) is 43.8 Å². The van der Waals surface area contributed by atoms with Crippen molar-refractivity contribution in [2.24, 2.45) is 5.73 Å². The van der Waals surface area contributed by atoms with E-state index >= 15 is 0 Å². The molecule has 0 bridgehead atoms. The first kappa shape index (κ1) is 18.4. The van der Waals surface area contributed by atoms with Gasteiger partial charge in [0.1, 0.15) is 5.82 Å². The Morgan fingerprint density at radius 2 is 1.50 bits per heavy atom. The lowest BCUT2D eigenvalue weighted by molar-refractivity contribution is 0.565. The number of imidazole rings is 1. The molecule has 0 saturated heterocycles. The van der Waals surface area contributed by atoms with Gasteiger partial charge >= 0.3 is 0 Å².